The molecule has 1 atom stereocenters. The molecule has 0 spiro atoms. The van der Waals surface area contributed by atoms with Crippen LogP contribution in [-0.4, -0.2) is 41.9 Å². The van der Waals surface area contributed by atoms with Gasteiger partial charge in [0.15, 0.2) is 0 Å². The normalized spacial score (nSPS) is 19.2. The van der Waals surface area contributed by atoms with Crippen molar-refractivity contribution in [3.05, 3.63) is 54.3 Å². The number of carbonyl (C=O) groups is 3. The van der Waals surface area contributed by atoms with Gasteiger partial charge in [0.05, 0.1) is 19.2 Å². The van der Waals surface area contributed by atoms with E-state index in [1.165, 1.54) is 25.3 Å². The summed E-state index contributed by atoms with van der Waals surface area (Å²) in [5.74, 6) is -0.841. The molecule has 2 aliphatic rings. The number of methoxy groups -OCH3 is 1. The molecular weight excluding hydrogens is 401 g/mol. The first-order valence-corrected chi connectivity index (χ1v) is 10.3. The van der Waals surface area contributed by atoms with E-state index in [1.54, 1.807) is 35.2 Å². The number of benzene rings is 2. The van der Waals surface area contributed by atoms with Crippen molar-refractivity contribution in [3.63, 3.8) is 0 Å². The summed E-state index contributed by atoms with van der Waals surface area (Å²) in [5.41, 5.74) is 0.712. The highest BCUT2D eigenvalue weighted by Gasteiger charge is 2.49. The Morgan fingerprint density at radius 3 is 2.58 bits per heavy atom. The lowest BCUT2D eigenvalue weighted by atomic mass is 10.1. The monoisotopic (exact) mass is 425 g/mol. The zero-order valence-electron chi connectivity index (χ0n) is 17.2. The van der Waals surface area contributed by atoms with Crippen molar-refractivity contribution in [1.29, 1.82) is 0 Å². The quantitative estimate of drug-likeness (QED) is 0.711. The van der Waals surface area contributed by atoms with Crippen LogP contribution in [0, 0.1) is 5.82 Å². The summed E-state index contributed by atoms with van der Waals surface area (Å²) in [6.45, 7) is 0. The summed E-state index contributed by atoms with van der Waals surface area (Å²) >= 11 is 0. The smallest absolute Gasteiger partial charge is 0.332 e. The van der Waals surface area contributed by atoms with Crippen LogP contribution < -0.4 is 15.0 Å². The van der Waals surface area contributed by atoms with Gasteiger partial charge in [-0.05, 0) is 43.2 Å². The SMILES string of the molecule is COc1cccc(N2C(=O)C(CC(=O)Nc3cccc(F)c3)N(C3CCCC3)C2=O)c1. The fourth-order valence-electron chi connectivity index (χ4n) is 4.33. The number of carbonyl (C=O) groups excluding carboxylic acids is 3. The van der Waals surface area contributed by atoms with Crippen LogP contribution in [0.5, 0.6) is 5.75 Å². The number of nitrogens with zero attached hydrogens (tertiary/aromatic N) is 2. The van der Waals surface area contributed by atoms with Gasteiger partial charge in [-0.2, -0.15) is 0 Å². The van der Waals surface area contributed by atoms with E-state index in [1.807, 2.05) is 0 Å². The molecule has 1 saturated heterocycles. The van der Waals surface area contributed by atoms with Gasteiger partial charge >= 0.3 is 6.03 Å². The number of anilines is 2. The lowest BCUT2D eigenvalue weighted by molar-refractivity contribution is -0.124. The molecule has 2 aromatic carbocycles. The third kappa shape index (κ3) is 4.23. The van der Waals surface area contributed by atoms with Crippen LogP contribution in [0.25, 0.3) is 0 Å². The van der Waals surface area contributed by atoms with E-state index < -0.39 is 29.7 Å². The summed E-state index contributed by atoms with van der Waals surface area (Å²) < 4.78 is 18.6. The van der Waals surface area contributed by atoms with E-state index >= 15 is 0 Å². The second-order valence-corrected chi connectivity index (χ2v) is 7.78. The number of halogens is 1. The summed E-state index contributed by atoms with van der Waals surface area (Å²) in [7, 11) is 1.51. The Kier molecular flexibility index (Phi) is 5.88. The van der Waals surface area contributed by atoms with E-state index in [0.29, 0.717) is 17.1 Å². The molecule has 4 amide bonds. The fraction of sp³-hybridized carbons (Fsp3) is 0.348. The average molecular weight is 425 g/mol. The van der Waals surface area contributed by atoms with Gasteiger partial charge in [0.1, 0.15) is 17.6 Å². The van der Waals surface area contributed by atoms with Gasteiger partial charge < -0.3 is 15.0 Å². The molecule has 1 N–H and O–H groups in total. The highest BCUT2D eigenvalue weighted by atomic mass is 19.1. The van der Waals surface area contributed by atoms with Crippen molar-refractivity contribution in [2.24, 2.45) is 0 Å². The van der Waals surface area contributed by atoms with Crippen molar-refractivity contribution in [2.75, 3.05) is 17.3 Å². The molecule has 1 aliphatic heterocycles. The lowest BCUT2D eigenvalue weighted by Gasteiger charge is -2.27. The molecule has 162 valence electrons. The Hall–Kier alpha value is -3.42. The molecule has 31 heavy (non-hydrogen) atoms. The first-order chi connectivity index (χ1) is 15.0. The van der Waals surface area contributed by atoms with E-state index in [9.17, 15) is 18.8 Å². The third-order valence-corrected chi connectivity index (χ3v) is 5.77. The number of ether oxygens (including phenoxy) is 1. The Morgan fingerprint density at radius 1 is 1.13 bits per heavy atom. The van der Waals surface area contributed by atoms with Crippen molar-refractivity contribution in [1.82, 2.24) is 4.90 Å². The molecule has 0 radical (unpaired) electrons. The number of hydrogen-bond acceptors (Lipinski definition) is 4. The van der Waals surface area contributed by atoms with Gasteiger partial charge in [0.25, 0.3) is 5.91 Å². The van der Waals surface area contributed by atoms with Crippen molar-refractivity contribution >= 4 is 29.2 Å². The zero-order valence-corrected chi connectivity index (χ0v) is 17.2. The summed E-state index contributed by atoms with van der Waals surface area (Å²) in [5, 5.41) is 2.62. The van der Waals surface area contributed by atoms with Crippen LogP contribution in [0.15, 0.2) is 48.5 Å². The maximum Gasteiger partial charge on any atom is 0.332 e. The molecular formula is C23H24FN3O4. The zero-order chi connectivity index (χ0) is 22.0. The minimum Gasteiger partial charge on any atom is -0.497 e. The van der Waals surface area contributed by atoms with E-state index in [0.717, 1.165) is 30.6 Å². The Bertz CT molecular complexity index is 1010. The Labute approximate surface area is 179 Å². The van der Waals surface area contributed by atoms with Gasteiger partial charge in [0.2, 0.25) is 5.91 Å². The lowest BCUT2D eigenvalue weighted by Crippen LogP contribution is -2.43. The van der Waals surface area contributed by atoms with Crippen LogP contribution in [-0.2, 0) is 9.59 Å². The van der Waals surface area contributed by atoms with Crippen molar-refractivity contribution in [3.8, 4) is 5.75 Å². The summed E-state index contributed by atoms with van der Waals surface area (Å²) in [6, 6.07) is 10.9. The predicted octanol–water partition coefficient (Wildman–Crippen LogP) is 3.94. The van der Waals surface area contributed by atoms with Gasteiger partial charge in [-0.15, -0.1) is 0 Å². The van der Waals surface area contributed by atoms with Gasteiger partial charge in [0, 0.05) is 17.8 Å². The largest absolute Gasteiger partial charge is 0.497 e. The molecule has 2 aromatic rings. The molecule has 0 bridgehead atoms. The molecule has 8 heteroatoms. The van der Waals surface area contributed by atoms with Crippen LogP contribution in [0.4, 0.5) is 20.6 Å². The highest BCUT2D eigenvalue weighted by molar-refractivity contribution is 6.22. The Balaban J connectivity index is 1.59. The maximum atomic E-state index is 13.4. The van der Waals surface area contributed by atoms with Crippen LogP contribution in [0.1, 0.15) is 32.1 Å². The molecule has 1 aliphatic carbocycles. The van der Waals surface area contributed by atoms with Crippen LogP contribution in [0.3, 0.4) is 0 Å². The van der Waals surface area contributed by atoms with Crippen molar-refractivity contribution in [2.45, 2.75) is 44.2 Å². The van der Waals surface area contributed by atoms with E-state index in [2.05, 4.69) is 5.32 Å². The average Bonchev–Trinajstić information content (AvgIpc) is 3.35. The second kappa shape index (κ2) is 8.75. The standard InChI is InChI=1S/C23H24FN3O4/c1-31-19-11-5-10-18(13-19)27-22(29)20(26(23(27)30)17-8-2-3-9-17)14-21(28)25-16-7-4-6-15(24)12-16/h4-7,10-13,17,20H,2-3,8-9,14H2,1H3,(H,25,28). The van der Waals surface area contributed by atoms with E-state index in [-0.39, 0.29) is 12.5 Å². The number of nitrogens with one attached hydrogen (secondary N) is 1. The number of rotatable bonds is 6. The molecule has 1 saturated carbocycles. The molecule has 0 aromatic heterocycles. The Morgan fingerprint density at radius 2 is 1.87 bits per heavy atom. The minimum absolute atomic E-state index is 0.0842. The third-order valence-electron chi connectivity index (χ3n) is 5.77. The second-order valence-electron chi connectivity index (χ2n) is 7.78. The number of amides is 4. The molecule has 4 rings (SSSR count). The number of hydrogen-bond donors (Lipinski definition) is 1. The van der Waals surface area contributed by atoms with Gasteiger partial charge in [-0.25, -0.2) is 14.1 Å². The summed E-state index contributed by atoms with van der Waals surface area (Å²) in [6.07, 6.45) is 3.35. The first kappa shape index (κ1) is 20.8. The topological polar surface area (TPSA) is 79.0 Å². The molecule has 2 fully saturated rings. The van der Waals surface area contributed by atoms with Crippen LogP contribution in [0.2, 0.25) is 0 Å². The number of urea groups is 1. The molecule has 7 nitrogen and oxygen atoms in total. The predicted molar refractivity (Wildman–Crippen MR) is 113 cm³/mol. The van der Waals surface area contributed by atoms with Crippen molar-refractivity contribution < 1.29 is 23.5 Å². The maximum absolute atomic E-state index is 13.4. The highest BCUT2D eigenvalue weighted by Crippen LogP contribution is 2.35. The first-order valence-electron chi connectivity index (χ1n) is 10.3. The summed E-state index contributed by atoms with van der Waals surface area (Å²) in [4.78, 5) is 42.0. The van der Waals surface area contributed by atoms with Gasteiger partial charge in [-0.3, -0.25) is 9.59 Å². The van der Waals surface area contributed by atoms with Gasteiger partial charge in [-0.1, -0.05) is 25.0 Å². The van der Waals surface area contributed by atoms with E-state index in [4.69, 9.17) is 4.74 Å². The molecule has 1 unspecified atom stereocenters. The molecule has 1 heterocycles. The minimum atomic E-state index is -0.907. The number of imide groups is 1. The fourth-order valence-corrected chi connectivity index (χ4v) is 4.33. The van der Waals surface area contributed by atoms with Crippen LogP contribution >= 0.6 is 0 Å².